The fourth-order valence-electron chi connectivity index (χ4n) is 6.07. The molecule has 1 saturated carbocycles. The number of hydrogen-bond donors (Lipinski definition) is 0. The maximum Gasteiger partial charge on any atom is 0.333 e. The Bertz CT molecular complexity index is 1560. The number of hydrogen-bond acceptors (Lipinski definition) is 6. The number of benzene rings is 1. The second-order valence-corrected chi connectivity index (χ2v) is 13.9. The second-order valence-electron chi connectivity index (χ2n) is 11.8. The van der Waals surface area contributed by atoms with Crippen LogP contribution in [0.1, 0.15) is 89.1 Å². The van der Waals surface area contributed by atoms with Crippen molar-refractivity contribution >= 4 is 18.8 Å². The van der Waals surface area contributed by atoms with Gasteiger partial charge in [0.05, 0.1) is 25.9 Å². The summed E-state index contributed by atoms with van der Waals surface area (Å²) in [6, 6.07) is 8.68. The molecule has 3 aromatic rings. The van der Waals surface area contributed by atoms with Crippen molar-refractivity contribution < 1.29 is 13.6 Å². The molecule has 43 heavy (non-hydrogen) atoms. The lowest BCUT2D eigenvalue weighted by Crippen LogP contribution is -2.40. The molecule has 10 heteroatoms. The van der Waals surface area contributed by atoms with Crippen LogP contribution in [0.4, 0.5) is 0 Å². The quantitative estimate of drug-likeness (QED) is 0.110. The smallest absolute Gasteiger partial charge is 0.322 e. The van der Waals surface area contributed by atoms with E-state index in [1.807, 2.05) is 0 Å². The molecule has 4 rings (SSSR count). The second kappa shape index (κ2) is 15.2. The number of rotatable bonds is 16. The van der Waals surface area contributed by atoms with Crippen molar-refractivity contribution in [2.75, 3.05) is 19.4 Å². The van der Waals surface area contributed by atoms with Gasteiger partial charge in [0, 0.05) is 19.5 Å². The van der Waals surface area contributed by atoms with Crippen molar-refractivity contribution in [2.24, 2.45) is 5.92 Å². The van der Waals surface area contributed by atoms with Crippen LogP contribution in [0.2, 0.25) is 0 Å². The monoisotopic (exact) mass is 610 g/mol. The zero-order valence-electron chi connectivity index (χ0n) is 26.2. The van der Waals surface area contributed by atoms with E-state index < -0.39 is 13.3 Å². The van der Waals surface area contributed by atoms with Gasteiger partial charge in [0.1, 0.15) is 5.82 Å². The summed E-state index contributed by atoms with van der Waals surface area (Å²) in [5.41, 5.74) is 2.51. The third-order valence-electron chi connectivity index (χ3n) is 8.36. The first-order valence-electron chi connectivity index (χ1n) is 15.8. The Hall–Kier alpha value is -2.92. The summed E-state index contributed by atoms with van der Waals surface area (Å²) in [7, 11) is -3.19. The molecule has 234 valence electrons. The van der Waals surface area contributed by atoms with Gasteiger partial charge in [0.25, 0.3) is 5.56 Å². The van der Waals surface area contributed by atoms with Gasteiger partial charge < -0.3 is 13.6 Å². The van der Waals surface area contributed by atoms with Crippen LogP contribution < -0.4 is 11.2 Å². The van der Waals surface area contributed by atoms with Crippen LogP contribution in [-0.4, -0.2) is 38.1 Å². The van der Waals surface area contributed by atoms with Crippen molar-refractivity contribution in [3.8, 4) is 12.3 Å². The molecule has 2 heterocycles. The summed E-state index contributed by atoms with van der Waals surface area (Å²) in [4.78, 5) is 32.4. The number of terminal acetylenes is 1. The first-order valence-corrected chi connectivity index (χ1v) is 17.6. The minimum Gasteiger partial charge on any atom is -0.322 e. The van der Waals surface area contributed by atoms with E-state index >= 15 is 0 Å². The molecule has 1 aliphatic carbocycles. The number of aromatic nitrogens is 4. The highest BCUT2D eigenvalue weighted by molar-refractivity contribution is 7.53. The predicted molar refractivity (Wildman–Crippen MR) is 172 cm³/mol. The van der Waals surface area contributed by atoms with Gasteiger partial charge in [-0.25, -0.2) is 14.3 Å². The van der Waals surface area contributed by atoms with Crippen LogP contribution >= 0.6 is 7.60 Å². The van der Waals surface area contributed by atoms with E-state index in [4.69, 9.17) is 20.5 Å². The fourth-order valence-corrected chi connectivity index (χ4v) is 7.80. The molecule has 1 fully saturated rings. The molecular formula is C33H47N4O5P. The standard InChI is InChI=1S/C33H47N4O5P/c1-6-21-36-32(38)30-31(35(33(36)39)22-11-12-23-43(40,41-7-2)42-8-3)34-29(37(30)24-27-13-9-10-14-27)20-17-26-15-18-28(19-16-26)25(4)5/h1,15-16,18-19,25,27H,7-14,17,20-24H2,2-5H3. The fraction of sp³-hybridized carbons (Fsp3) is 0.606. The van der Waals surface area contributed by atoms with Gasteiger partial charge in [0.15, 0.2) is 11.2 Å². The lowest BCUT2D eigenvalue weighted by molar-refractivity contribution is 0.219. The molecule has 0 saturated heterocycles. The van der Waals surface area contributed by atoms with Gasteiger partial charge in [-0.3, -0.25) is 13.9 Å². The normalized spacial score (nSPS) is 14.2. The topological polar surface area (TPSA) is 97.3 Å². The van der Waals surface area contributed by atoms with E-state index in [2.05, 4.69) is 48.6 Å². The van der Waals surface area contributed by atoms with E-state index in [9.17, 15) is 14.2 Å². The summed E-state index contributed by atoms with van der Waals surface area (Å²) < 4.78 is 28.6. The first-order chi connectivity index (χ1) is 20.7. The number of nitrogens with zero attached hydrogens (tertiary/aromatic N) is 4. The highest BCUT2D eigenvalue weighted by Crippen LogP contribution is 2.48. The van der Waals surface area contributed by atoms with Crippen molar-refractivity contribution in [1.82, 2.24) is 18.7 Å². The van der Waals surface area contributed by atoms with Crippen LogP contribution in [0.3, 0.4) is 0 Å². The van der Waals surface area contributed by atoms with Gasteiger partial charge >= 0.3 is 13.3 Å². The molecule has 0 bridgehead atoms. The summed E-state index contributed by atoms with van der Waals surface area (Å²) in [5.74, 6) is 4.23. The van der Waals surface area contributed by atoms with E-state index in [-0.39, 0.29) is 18.3 Å². The molecule has 2 aromatic heterocycles. The highest BCUT2D eigenvalue weighted by Gasteiger charge is 2.26. The predicted octanol–water partition coefficient (Wildman–Crippen LogP) is 6.14. The van der Waals surface area contributed by atoms with Gasteiger partial charge in [-0.1, -0.05) is 56.9 Å². The van der Waals surface area contributed by atoms with Crippen molar-refractivity contribution in [1.29, 1.82) is 0 Å². The molecule has 0 atom stereocenters. The van der Waals surface area contributed by atoms with Gasteiger partial charge in [-0.05, 0) is 68.9 Å². The number of unbranched alkanes of at least 4 members (excludes halogenated alkanes) is 1. The summed E-state index contributed by atoms with van der Waals surface area (Å²) >= 11 is 0. The van der Waals surface area contributed by atoms with Gasteiger partial charge in [0.2, 0.25) is 0 Å². The third kappa shape index (κ3) is 7.98. The van der Waals surface area contributed by atoms with Crippen LogP contribution in [-0.2, 0) is 46.1 Å². The number of fused-ring (bicyclic) bond motifs is 1. The zero-order chi connectivity index (χ0) is 31.0. The Morgan fingerprint density at radius 3 is 2.28 bits per heavy atom. The molecule has 0 N–H and O–H groups in total. The minimum absolute atomic E-state index is 0.108. The number of imidazole rings is 1. The van der Waals surface area contributed by atoms with Crippen LogP contribution in [0.25, 0.3) is 11.2 Å². The maximum atomic E-state index is 13.8. The first kappa shape index (κ1) is 33.0. The largest absolute Gasteiger partial charge is 0.333 e. The Morgan fingerprint density at radius 2 is 1.67 bits per heavy atom. The lowest BCUT2D eigenvalue weighted by atomic mass is 10.0. The van der Waals surface area contributed by atoms with Crippen molar-refractivity contribution in [2.45, 2.75) is 105 Å². The lowest BCUT2D eigenvalue weighted by Gasteiger charge is -2.17. The molecule has 9 nitrogen and oxygen atoms in total. The molecule has 1 aliphatic rings. The molecule has 0 amide bonds. The van der Waals surface area contributed by atoms with E-state index in [0.717, 1.165) is 29.7 Å². The van der Waals surface area contributed by atoms with E-state index in [1.165, 1.54) is 24.0 Å². The van der Waals surface area contributed by atoms with E-state index in [0.29, 0.717) is 68.6 Å². The van der Waals surface area contributed by atoms with Crippen molar-refractivity contribution in [3.63, 3.8) is 0 Å². The third-order valence-corrected chi connectivity index (χ3v) is 10.5. The molecule has 1 aromatic carbocycles. The average Bonchev–Trinajstić information content (AvgIpc) is 3.62. The van der Waals surface area contributed by atoms with Crippen LogP contribution in [0.5, 0.6) is 0 Å². The molecule has 0 spiro atoms. The Balaban J connectivity index is 1.70. The zero-order valence-corrected chi connectivity index (χ0v) is 27.1. The molecular weight excluding hydrogens is 563 g/mol. The van der Waals surface area contributed by atoms with Crippen LogP contribution in [0.15, 0.2) is 33.9 Å². The molecule has 0 unspecified atom stereocenters. The maximum absolute atomic E-state index is 13.8. The summed E-state index contributed by atoms with van der Waals surface area (Å²) in [6.07, 6.45) is 13.0. The molecule has 0 aliphatic heterocycles. The SMILES string of the molecule is C#CCn1c(=O)c2c(nc(CCc3ccc(C(C)C)cc3)n2CC2CCCC2)n(CCCCP(=O)(OCC)OCC)c1=O. The average molecular weight is 611 g/mol. The van der Waals surface area contributed by atoms with Gasteiger partial charge in [-0.15, -0.1) is 6.42 Å². The Labute approximate surface area is 255 Å². The Morgan fingerprint density at radius 1 is 1.00 bits per heavy atom. The number of aryl methyl sites for hydroxylation is 3. The minimum atomic E-state index is -3.19. The highest BCUT2D eigenvalue weighted by atomic mass is 31.2. The van der Waals surface area contributed by atoms with Crippen molar-refractivity contribution in [3.05, 3.63) is 62.1 Å². The van der Waals surface area contributed by atoms with E-state index in [1.54, 1.807) is 18.4 Å². The Kier molecular flexibility index (Phi) is 11.7. The van der Waals surface area contributed by atoms with Gasteiger partial charge in [-0.2, -0.15) is 0 Å². The van der Waals surface area contributed by atoms with Crippen LogP contribution in [0, 0.1) is 18.3 Å². The summed E-state index contributed by atoms with van der Waals surface area (Å²) in [6.45, 7) is 9.46. The molecule has 0 radical (unpaired) electrons. The summed E-state index contributed by atoms with van der Waals surface area (Å²) in [5, 5.41) is 0.